The Balaban J connectivity index is 1.69. The van der Waals surface area contributed by atoms with Gasteiger partial charge < -0.3 is 14.2 Å². The smallest absolute Gasteiger partial charge is 0.330 e. The van der Waals surface area contributed by atoms with Gasteiger partial charge in [-0.05, 0) is 54.7 Å². The van der Waals surface area contributed by atoms with E-state index in [4.69, 9.17) is 14.2 Å². The molecule has 178 valence electrons. The molecule has 0 atom stereocenters. The maximum absolute atomic E-state index is 12.0. The zero-order valence-corrected chi connectivity index (χ0v) is 19.7. The number of hydrogen-bond acceptors (Lipinski definition) is 5. The van der Waals surface area contributed by atoms with E-state index in [1.165, 1.54) is 32.1 Å². The molecule has 2 aromatic carbocycles. The number of ether oxygens (including phenoxy) is 3. The van der Waals surface area contributed by atoms with Crippen LogP contribution in [0.25, 0.3) is 11.1 Å². The predicted octanol–water partition coefficient (Wildman–Crippen LogP) is 6.90. The van der Waals surface area contributed by atoms with Crippen LogP contribution in [0.3, 0.4) is 0 Å². The van der Waals surface area contributed by atoms with Crippen molar-refractivity contribution in [1.82, 2.24) is 0 Å². The lowest BCUT2D eigenvalue weighted by molar-refractivity contribution is -0.137. The summed E-state index contributed by atoms with van der Waals surface area (Å²) in [5.74, 6) is 0.649. The van der Waals surface area contributed by atoms with Crippen LogP contribution in [0.1, 0.15) is 64.7 Å². The van der Waals surface area contributed by atoms with Crippen LogP contribution in [-0.2, 0) is 14.3 Å². The lowest BCUT2D eigenvalue weighted by Gasteiger charge is -2.09. The minimum Gasteiger partial charge on any atom is -0.494 e. The lowest BCUT2D eigenvalue weighted by Crippen LogP contribution is -2.08. The predicted molar refractivity (Wildman–Crippen MR) is 131 cm³/mol. The molecule has 33 heavy (non-hydrogen) atoms. The molecule has 0 aliphatic carbocycles. The first-order chi connectivity index (χ1) is 16.1. The van der Waals surface area contributed by atoms with E-state index < -0.39 is 5.97 Å². The van der Waals surface area contributed by atoms with Gasteiger partial charge in [0.1, 0.15) is 11.5 Å². The second-order valence-corrected chi connectivity index (χ2v) is 7.97. The van der Waals surface area contributed by atoms with Gasteiger partial charge in [-0.2, -0.15) is 0 Å². The summed E-state index contributed by atoms with van der Waals surface area (Å²) in [6.45, 7) is 6.59. The van der Waals surface area contributed by atoms with Gasteiger partial charge in [0, 0.05) is 12.5 Å². The van der Waals surface area contributed by atoms with E-state index in [2.05, 4.69) is 13.5 Å². The summed E-state index contributed by atoms with van der Waals surface area (Å²) < 4.78 is 16.1. The van der Waals surface area contributed by atoms with Crippen molar-refractivity contribution in [2.45, 2.75) is 64.7 Å². The number of unbranched alkanes of at least 4 members (excludes halogenated alkanes) is 6. The Labute approximate surface area is 197 Å². The van der Waals surface area contributed by atoms with Crippen molar-refractivity contribution >= 4 is 11.9 Å². The van der Waals surface area contributed by atoms with Gasteiger partial charge in [-0.15, -0.1) is 0 Å². The molecular formula is C28H36O5. The number of esters is 2. The molecule has 0 saturated carbocycles. The molecule has 0 saturated heterocycles. The van der Waals surface area contributed by atoms with Gasteiger partial charge in [-0.1, -0.05) is 69.9 Å². The standard InChI is InChI=1S/C28H36O5/c1-3-5-6-7-8-10-21-31-25-17-13-23(14-18-25)24-15-19-26(20-16-24)33-28(30)12-9-11-22-32-27(29)4-2/h4,13-20H,2-3,5-12,21-22H2,1H3. The molecule has 0 aromatic heterocycles. The monoisotopic (exact) mass is 452 g/mol. The van der Waals surface area contributed by atoms with Crippen LogP contribution < -0.4 is 9.47 Å². The van der Waals surface area contributed by atoms with Gasteiger partial charge in [0.2, 0.25) is 0 Å². The maximum atomic E-state index is 12.0. The molecule has 0 amide bonds. The van der Waals surface area contributed by atoms with Crippen molar-refractivity contribution < 1.29 is 23.8 Å². The van der Waals surface area contributed by atoms with Gasteiger partial charge >= 0.3 is 11.9 Å². The summed E-state index contributed by atoms with van der Waals surface area (Å²) in [4.78, 5) is 22.9. The Morgan fingerprint density at radius 1 is 0.758 bits per heavy atom. The fourth-order valence-corrected chi connectivity index (χ4v) is 3.32. The Kier molecular flexibility index (Phi) is 12.4. The molecule has 0 aliphatic rings. The normalized spacial score (nSPS) is 10.5. The molecule has 0 N–H and O–H groups in total. The van der Waals surface area contributed by atoms with Crippen molar-refractivity contribution in [3.8, 4) is 22.6 Å². The molecule has 0 aliphatic heterocycles. The minimum absolute atomic E-state index is 0.271. The summed E-state index contributed by atoms with van der Waals surface area (Å²) in [6.07, 6.45) is 10.1. The summed E-state index contributed by atoms with van der Waals surface area (Å²) >= 11 is 0. The van der Waals surface area contributed by atoms with Crippen LogP contribution in [0.2, 0.25) is 0 Å². The number of rotatable bonds is 16. The van der Waals surface area contributed by atoms with Crippen LogP contribution in [0.15, 0.2) is 61.2 Å². The molecule has 0 fully saturated rings. The number of carbonyl (C=O) groups excluding carboxylic acids is 2. The van der Waals surface area contributed by atoms with Crippen molar-refractivity contribution in [2.75, 3.05) is 13.2 Å². The minimum atomic E-state index is -0.451. The van der Waals surface area contributed by atoms with Crippen molar-refractivity contribution in [3.05, 3.63) is 61.2 Å². The van der Waals surface area contributed by atoms with Crippen molar-refractivity contribution in [3.63, 3.8) is 0 Å². The van der Waals surface area contributed by atoms with Crippen molar-refractivity contribution in [2.24, 2.45) is 0 Å². The summed E-state index contributed by atoms with van der Waals surface area (Å²) in [7, 11) is 0. The molecule has 0 bridgehead atoms. The average Bonchev–Trinajstić information content (AvgIpc) is 2.84. The molecule has 0 unspecified atom stereocenters. The van der Waals surface area contributed by atoms with Crippen LogP contribution in [0.4, 0.5) is 0 Å². The van der Waals surface area contributed by atoms with Crippen molar-refractivity contribution in [1.29, 1.82) is 0 Å². The number of hydrogen-bond donors (Lipinski definition) is 0. The Bertz CT molecular complexity index is 840. The Morgan fingerprint density at radius 3 is 1.97 bits per heavy atom. The number of carbonyl (C=O) groups is 2. The first kappa shape index (κ1) is 26.2. The SMILES string of the molecule is C=CC(=O)OCCCCC(=O)Oc1ccc(-c2ccc(OCCCCCCCC)cc2)cc1. The summed E-state index contributed by atoms with van der Waals surface area (Å²) in [5.41, 5.74) is 2.12. The van der Waals surface area contributed by atoms with E-state index in [-0.39, 0.29) is 19.0 Å². The first-order valence-corrected chi connectivity index (χ1v) is 12.0. The number of benzene rings is 2. The third-order valence-corrected chi connectivity index (χ3v) is 5.23. The third kappa shape index (κ3) is 10.9. The lowest BCUT2D eigenvalue weighted by atomic mass is 10.1. The molecule has 0 heterocycles. The van der Waals surface area contributed by atoms with Gasteiger partial charge in [-0.25, -0.2) is 4.79 Å². The zero-order chi connectivity index (χ0) is 23.7. The Hall–Kier alpha value is -3.08. The second kappa shape index (κ2) is 15.7. The highest BCUT2D eigenvalue weighted by molar-refractivity contribution is 5.81. The molecule has 5 heteroatoms. The second-order valence-electron chi connectivity index (χ2n) is 7.97. The highest BCUT2D eigenvalue weighted by Crippen LogP contribution is 2.25. The molecule has 2 rings (SSSR count). The van der Waals surface area contributed by atoms with Gasteiger partial charge in [0.05, 0.1) is 13.2 Å². The van der Waals surface area contributed by atoms with E-state index in [0.29, 0.717) is 18.6 Å². The van der Waals surface area contributed by atoms with Crippen LogP contribution in [0.5, 0.6) is 11.5 Å². The molecule has 0 spiro atoms. The molecule has 2 aromatic rings. The fourth-order valence-electron chi connectivity index (χ4n) is 3.32. The maximum Gasteiger partial charge on any atom is 0.330 e. The summed E-state index contributed by atoms with van der Waals surface area (Å²) in [6, 6.07) is 15.5. The molecule has 5 nitrogen and oxygen atoms in total. The van der Waals surface area contributed by atoms with E-state index in [1.54, 1.807) is 12.1 Å². The topological polar surface area (TPSA) is 61.8 Å². The fraction of sp³-hybridized carbons (Fsp3) is 0.429. The van der Waals surface area contributed by atoms with Crippen LogP contribution >= 0.6 is 0 Å². The first-order valence-electron chi connectivity index (χ1n) is 12.0. The average molecular weight is 453 g/mol. The van der Waals surface area contributed by atoms with Gasteiger partial charge in [0.15, 0.2) is 0 Å². The van der Waals surface area contributed by atoms with Gasteiger partial charge in [-0.3, -0.25) is 4.79 Å². The Morgan fingerprint density at radius 2 is 1.33 bits per heavy atom. The van der Waals surface area contributed by atoms with Crippen LogP contribution in [0, 0.1) is 0 Å². The third-order valence-electron chi connectivity index (χ3n) is 5.23. The highest BCUT2D eigenvalue weighted by atomic mass is 16.5. The van der Waals surface area contributed by atoms with Gasteiger partial charge in [0.25, 0.3) is 0 Å². The summed E-state index contributed by atoms with van der Waals surface area (Å²) in [5, 5.41) is 0. The van der Waals surface area contributed by atoms with E-state index >= 15 is 0 Å². The van der Waals surface area contributed by atoms with E-state index in [9.17, 15) is 9.59 Å². The molecular weight excluding hydrogens is 416 g/mol. The van der Waals surface area contributed by atoms with E-state index in [1.807, 2.05) is 36.4 Å². The van der Waals surface area contributed by atoms with E-state index in [0.717, 1.165) is 36.0 Å². The highest BCUT2D eigenvalue weighted by Gasteiger charge is 2.06. The largest absolute Gasteiger partial charge is 0.494 e. The zero-order valence-electron chi connectivity index (χ0n) is 19.7. The molecule has 0 radical (unpaired) electrons. The quantitative estimate of drug-likeness (QED) is 0.120. The van der Waals surface area contributed by atoms with Crippen LogP contribution in [-0.4, -0.2) is 25.2 Å².